The molecule has 0 bridgehead atoms. The van der Waals surface area contributed by atoms with Gasteiger partial charge >= 0.3 is 0 Å². The molecule has 1 unspecified atom stereocenters. The molecule has 0 saturated carbocycles. The molecule has 0 radical (unpaired) electrons. The zero-order chi connectivity index (χ0) is 7.28. The summed E-state index contributed by atoms with van der Waals surface area (Å²) >= 11 is 0. The molecule has 54 valence electrons. The van der Waals surface area contributed by atoms with Crippen molar-refractivity contribution in [1.29, 1.82) is 0 Å². The summed E-state index contributed by atoms with van der Waals surface area (Å²) in [5.41, 5.74) is 0. The van der Waals surface area contributed by atoms with Gasteiger partial charge in [-0.1, -0.05) is 6.58 Å². The Morgan fingerprint density at radius 3 is 2.67 bits per heavy atom. The smallest absolute Gasteiger partial charge is 0.0717 e. The summed E-state index contributed by atoms with van der Waals surface area (Å²) in [6.07, 6.45) is 2.07. The molecule has 0 aliphatic heterocycles. The van der Waals surface area contributed by atoms with E-state index in [1.54, 1.807) is 13.3 Å². The second-order valence-corrected chi connectivity index (χ2v) is 2.17. The molecule has 2 nitrogen and oxygen atoms in total. The van der Waals surface area contributed by atoms with Crippen LogP contribution in [0.15, 0.2) is 12.8 Å². The number of hydrogen-bond acceptors (Lipinski definition) is 2. The highest BCUT2D eigenvalue weighted by Crippen LogP contribution is 1.90. The van der Waals surface area contributed by atoms with E-state index in [1.807, 2.05) is 18.9 Å². The normalized spacial score (nSPS) is 12.8. The van der Waals surface area contributed by atoms with Crippen molar-refractivity contribution in [2.45, 2.75) is 13.0 Å². The second-order valence-electron chi connectivity index (χ2n) is 2.17. The summed E-state index contributed by atoms with van der Waals surface area (Å²) in [5, 5.41) is 0. The minimum atomic E-state index is 0.285. The zero-order valence-electron chi connectivity index (χ0n) is 6.42. The molecular formula is C7H15NO. The predicted octanol–water partition coefficient (Wildman–Crippen LogP) is 1.10. The topological polar surface area (TPSA) is 12.5 Å². The SMILES string of the molecule is C=CN(C)CC(C)OC. The van der Waals surface area contributed by atoms with E-state index < -0.39 is 0 Å². The quantitative estimate of drug-likeness (QED) is 0.563. The monoisotopic (exact) mass is 129 g/mol. The van der Waals surface area contributed by atoms with Gasteiger partial charge in [0.25, 0.3) is 0 Å². The van der Waals surface area contributed by atoms with Gasteiger partial charge in [-0.3, -0.25) is 0 Å². The Bertz CT molecular complexity index is 83.0. The summed E-state index contributed by atoms with van der Waals surface area (Å²) < 4.78 is 5.03. The summed E-state index contributed by atoms with van der Waals surface area (Å²) in [7, 11) is 3.68. The highest BCUT2D eigenvalue weighted by molar-refractivity contribution is 4.68. The van der Waals surface area contributed by atoms with Crippen LogP contribution in [0, 0.1) is 0 Å². The highest BCUT2D eigenvalue weighted by Gasteiger charge is 1.98. The summed E-state index contributed by atoms with van der Waals surface area (Å²) in [4.78, 5) is 1.99. The Hall–Kier alpha value is -0.500. The van der Waals surface area contributed by atoms with Crippen molar-refractivity contribution in [1.82, 2.24) is 4.90 Å². The number of nitrogens with zero attached hydrogens (tertiary/aromatic N) is 1. The largest absolute Gasteiger partial charge is 0.380 e. The van der Waals surface area contributed by atoms with Crippen molar-refractivity contribution < 1.29 is 4.74 Å². The van der Waals surface area contributed by atoms with E-state index >= 15 is 0 Å². The van der Waals surface area contributed by atoms with Crippen molar-refractivity contribution in [2.75, 3.05) is 20.7 Å². The van der Waals surface area contributed by atoms with Crippen LogP contribution < -0.4 is 0 Å². The fraction of sp³-hybridized carbons (Fsp3) is 0.714. The lowest BCUT2D eigenvalue weighted by Crippen LogP contribution is -2.23. The van der Waals surface area contributed by atoms with Gasteiger partial charge in [0.15, 0.2) is 0 Å². The third kappa shape index (κ3) is 4.03. The maximum atomic E-state index is 5.03. The fourth-order valence-corrected chi connectivity index (χ4v) is 0.555. The van der Waals surface area contributed by atoms with Crippen molar-refractivity contribution in [2.24, 2.45) is 0 Å². The highest BCUT2D eigenvalue weighted by atomic mass is 16.5. The van der Waals surface area contributed by atoms with Crippen molar-refractivity contribution >= 4 is 0 Å². The van der Waals surface area contributed by atoms with E-state index in [4.69, 9.17) is 4.74 Å². The van der Waals surface area contributed by atoms with Gasteiger partial charge in [-0.15, -0.1) is 0 Å². The molecule has 0 aliphatic carbocycles. The van der Waals surface area contributed by atoms with Crippen LogP contribution >= 0.6 is 0 Å². The minimum absolute atomic E-state index is 0.285. The van der Waals surface area contributed by atoms with Crippen molar-refractivity contribution in [3.8, 4) is 0 Å². The number of rotatable bonds is 4. The van der Waals surface area contributed by atoms with Crippen molar-refractivity contribution in [3.05, 3.63) is 12.8 Å². The minimum Gasteiger partial charge on any atom is -0.380 e. The number of likely N-dealkylation sites (N-methyl/N-ethyl adjacent to an activating group) is 1. The Morgan fingerprint density at radius 1 is 1.78 bits per heavy atom. The first kappa shape index (κ1) is 8.50. The van der Waals surface area contributed by atoms with Gasteiger partial charge in [0, 0.05) is 20.7 Å². The summed E-state index contributed by atoms with van der Waals surface area (Å²) in [6.45, 7) is 6.55. The van der Waals surface area contributed by atoms with Crippen LogP contribution in [-0.2, 0) is 4.74 Å². The Balaban J connectivity index is 3.33. The van der Waals surface area contributed by atoms with Gasteiger partial charge in [0.05, 0.1) is 6.10 Å². The summed E-state index contributed by atoms with van der Waals surface area (Å²) in [6, 6.07) is 0. The number of ether oxygens (including phenoxy) is 1. The van der Waals surface area contributed by atoms with Crippen LogP contribution in [0.1, 0.15) is 6.92 Å². The Labute approximate surface area is 57.1 Å². The van der Waals surface area contributed by atoms with Gasteiger partial charge in [-0.25, -0.2) is 0 Å². The average molecular weight is 129 g/mol. The van der Waals surface area contributed by atoms with E-state index in [9.17, 15) is 0 Å². The van der Waals surface area contributed by atoms with E-state index in [0.717, 1.165) is 6.54 Å². The van der Waals surface area contributed by atoms with E-state index in [0.29, 0.717) is 0 Å². The first-order valence-electron chi connectivity index (χ1n) is 3.06. The standard InChI is InChI=1S/C7H15NO/c1-5-8(3)6-7(2)9-4/h5,7H,1,6H2,2-4H3. The third-order valence-electron chi connectivity index (χ3n) is 1.26. The van der Waals surface area contributed by atoms with Gasteiger partial charge in [-0.05, 0) is 13.1 Å². The molecule has 0 N–H and O–H groups in total. The Kier molecular flexibility index (Phi) is 4.14. The molecule has 0 fully saturated rings. The van der Waals surface area contributed by atoms with Crippen LogP contribution in [-0.4, -0.2) is 31.7 Å². The Morgan fingerprint density at radius 2 is 2.33 bits per heavy atom. The van der Waals surface area contributed by atoms with Crippen LogP contribution in [0.2, 0.25) is 0 Å². The lowest BCUT2D eigenvalue weighted by atomic mass is 10.4. The van der Waals surface area contributed by atoms with Crippen LogP contribution in [0.5, 0.6) is 0 Å². The van der Waals surface area contributed by atoms with E-state index in [2.05, 4.69) is 6.58 Å². The molecule has 0 aromatic rings. The van der Waals surface area contributed by atoms with Gasteiger partial charge in [-0.2, -0.15) is 0 Å². The number of hydrogen-bond donors (Lipinski definition) is 0. The second kappa shape index (κ2) is 4.39. The van der Waals surface area contributed by atoms with Crippen LogP contribution in [0.25, 0.3) is 0 Å². The summed E-state index contributed by atoms with van der Waals surface area (Å²) in [5.74, 6) is 0. The van der Waals surface area contributed by atoms with Gasteiger partial charge < -0.3 is 9.64 Å². The molecule has 0 spiro atoms. The molecule has 0 aliphatic rings. The van der Waals surface area contributed by atoms with E-state index in [-0.39, 0.29) is 6.10 Å². The van der Waals surface area contributed by atoms with Gasteiger partial charge in [0.1, 0.15) is 0 Å². The number of methoxy groups -OCH3 is 1. The fourth-order valence-electron chi connectivity index (χ4n) is 0.555. The molecule has 0 saturated heterocycles. The molecule has 0 rings (SSSR count). The van der Waals surface area contributed by atoms with Crippen LogP contribution in [0.3, 0.4) is 0 Å². The molecule has 0 heterocycles. The third-order valence-corrected chi connectivity index (χ3v) is 1.26. The maximum absolute atomic E-state index is 5.03. The van der Waals surface area contributed by atoms with Gasteiger partial charge in [0.2, 0.25) is 0 Å². The molecule has 0 aromatic carbocycles. The molecule has 0 aromatic heterocycles. The van der Waals surface area contributed by atoms with Crippen molar-refractivity contribution in [3.63, 3.8) is 0 Å². The lowest BCUT2D eigenvalue weighted by molar-refractivity contribution is 0.0976. The van der Waals surface area contributed by atoms with Crippen LogP contribution in [0.4, 0.5) is 0 Å². The first-order chi connectivity index (χ1) is 4.20. The predicted molar refractivity (Wildman–Crippen MR) is 39.3 cm³/mol. The zero-order valence-corrected chi connectivity index (χ0v) is 6.42. The maximum Gasteiger partial charge on any atom is 0.0717 e. The molecular weight excluding hydrogens is 114 g/mol. The molecule has 1 atom stereocenters. The molecule has 0 amide bonds. The molecule has 2 heteroatoms. The van der Waals surface area contributed by atoms with E-state index in [1.165, 1.54) is 0 Å². The first-order valence-corrected chi connectivity index (χ1v) is 3.06. The molecule has 9 heavy (non-hydrogen) atoms. The average Bonchev–Trinajstić information content (AvgIpc) is 1.87. The lowest BCUT2D eigenvalue weighted by Gasteiger charge is -2.17.